The SMILES string of the molecule is C=COC1CC2(CCC2)C1.CC1CCCCC1. The number of ether oxygens (including phenoxy) is 1. The summed E-state index contributed by atoms with van der Waals surface area (Å²) >= 11 is 0. The van der Waals surface area contributed by atoms with Gasteiger partial charge in [-0.3, -0.25) is 0 Å². The van der Waals surface area contributed by atoms with E-state index in [1.165, 1.54) is 64.2 Å². The minimum atomic E-state index is 0.512. The van der Waals surface area contributed by atoms with Crippen molar-refractivity contribution in [1.29, 1.82) is 0 Å². The van der Waals surface area contributed by atoms with E-state index in [2.05, 4.69) is 13.5 Å². The minimum Gasteiger partial charge on any atom is -0.499 e. The van der Waals surface area contributed by atoms with Crippen LogP contribution in [0.2, 0.25) is 0 Å². The minimum absolute atomic E-state index is 0.512. The van der Waals surface area contributed by atoms with Gasteiger partial charge in [-0.2, -0.15) is 0 Å². The molecule has 0 heterocycles. The first-order chi connectivity index (χ1) is 8.24. The van der Waals surface area contributed by atoms with Crippen molar-refractivity contribution in [2.45, 2.75) is 77.2 Å². The lowest BCUT2D eigenvalue weighted by molar-refractivity contribution is -0.0866. The van der Waals surface area contributed by atoms with E-state index in [1.54, 1.807) is 6.26 Å². The lowest BCUT2D eigenvalue weighted by Gasteiger charge is -2.53. The van der Waals surface area contributed by atoms with E-state index in [0.29, 0.717) is 6.10 Å². The van der Waals surface area contributed by atoms with Crippen LogP contribution in [0.25, 0.3) is 0 Å². The molecule has 17 heavy (non-hydrogen) atoms. The van der Waals surface area contributed by atoms with E-state index < -0.39 is 0 Å². The summed E-state index contributed by atoms with van der Waals surface area (Å²) in [4.78, 5) is 0. The van der Waals surface area contributed by atoms with Gasteiger partial charge in [-0.25, -0.2) is 0 Å². The maximum absolute atomic E-state index is 5.27. The Morgan fingerprint density at radius 1 is 1.06 bits per heavy atom. The fourth-order valence-electron chi connectivity index (χ4n) is 3.53. The molecule has 3 saturated carbocycles. The van der Waals surface area contributed by atoms with E-state index >= 15 is 0 Å². The standard InChI is InChI=1S/C9H14O.C7H14/c1-2-10-8-6-9(7-8)4-3-5-9;1-7-5-3-2-4-6-7/h2,8H,1,3-7H2;7H,2-6H2,1H3. The van der Waals surface area contributed by atoms with Gasteiger partial charge in [-0.05, 0) is 37.0 Å². The molecule has 0 aromatic heterocycles. The zero-order valence-electron chi connectivity index (χ0n) is 11.4. The van der Waals surface area contributed by atoms with E-state index in [0.717, 1.165) is 11.3 Å². The Balaban J connectivity index is 0.000000136. The lowest BCUT2D eigenvalue weighted by Crippen LogP contribution is -2.46. The molecule has 3 aliphatic carbocycles. The van der Waals surface area contributed by atoms with E-state index in [1.807, 2.05) is 0 Å². The number of hydrogen-bond donors (Lipinski definition) is 0. The highest BCUT2D eigenvalue weighted by atomic mass is 16.5. The molecule has 0 bridgehead atoms. The summed E-state index contributed by atoms with van der Waals surface area (Å²) in [6.07, 6.45) is 16.5. The van der Waals surface area contributed by atoms with Crippen molar-refractivity contribution in [1.82, 2.24) is 0 Å². The van der Waals surface area contributed by atoms with Crippen molar-refractivity contribution >= 4 is 0 Å². The van der Waals surface area contributed by atoms with Crippen molar-refractivity contribution in [3.05, 3.63) is 12.8 Å². The summed E-state index contributed by atoms with van der Waals surface area (Å²) in [5, 5.41) is 0. The van der Waals surface area contributed by atoms with E-state index in [-0.39, 0.29) is 0 Å². The normalized spacial score (nSPS) is 27.4. The number of hydrogen-bond acceptors (Lipinski definition) is 1. The topological polar surface area (TPSA) is 9.23 Å². The summed E-state index contributed by atoms with van der Waals surface area (Å²) in [6.45, 7) is 5.91. The Hall–Kier alpha value is -0.460. The first kappa shape index (κ1) is 13.0. The van der Waals surface area contributed by atoms with Crippen LogP contribution in [-0.2, 0) is 4.74 Å². The Labute approximate surface area is 107 Å². The fourth-order valence-corrected chi connectivity index (χ4v) is 3.53. The second kappa shape index (κ2) is 5.93. The Morgan fingerprint density at radius 2 is 1.71 bits per heavy atom. The van der Waals surface area contributed by atoms with Crippen molar-refractivity contribution in [3.63, 3.8) is 0 Å². The molecule has 0 radical (unpaired) electrons. The average molecular weight is 236 g/mol. The Kier molecular flexibility index (Phi) is 4.53. The third kappa shape index (κ3) is 3.50. The van der Waals surface area contributed by atoms with Crippen molar-refractivity contribution in [3.8, 4) is 0 Å². The molecule has 0 amide bonds. The molecule has 0 aromatic carbocycles. The quantitative estimate of drug-likeness (QED) is 0.608. The average Bonchev–Trinajstić information content (AvgIpc) is 2.22. The summed E-state index contributed by atoms with van der Waals surface area (Å²) in [7, 11) is 0. The molecule has 3 rings (SSSR count). The molecule has 3 fully saturated rings. The molecular formula is C16H28O. The molecule has 1 nitrogen and oxygen atoms in total. The summed E-state index contributed by atoms with van der Waals surface area (Å²) < 4.78 is 5.27. The van der Waals surface area contributed by atoms with Crippen LogP contribution in [-0.4, -0.2) is 6.10 Å². The smallest absolute Gasteiger partial charge is 0.0988 e. The first-order valence-corrected chi connectivity index (χ1v) is 7.50. The third-order valence-electron chi connectivity index (χ3n) is 4.92. The van der Waals surface area contributed by atoms with Gasteiger partial charge in [0.1, 0.15) is 0 Å². The predicted octanol–water partition coefficient (Wildman–Crippen LogP) is 5.07. The van der Waals surface area contributed by atoms with Crippen molar-refractivity contribution in [2.24, 2.45) is 11.3 Å². The van der Waals surface area contributed by atoms with Gasteiger partial charge in [-0.1, -0.05) is 52.0 Å². The van der Waals surface area contributed by atoms with Gasteiger partial charge in [0.2, 0.25) is 0 Å². The molecule has 3 aliphatic rings. The number of rotatable bonds is 2. The molecule has 0 saturated heterocycles. The van der Waals surface area contributed by atoms with Crippen LogP contribution in [0.3, 0.4) is 0 Å². The van der Waals surface area contributed by atoms with Crippen molar-refractivity contribution < 1.29 is 4.74 Å². The molecule has 0 aliphatic heterocycles. The Morgan fingerprint density at radius 3 is 2.06 bits per heavy atom. The predicted molar refractivity (Wildman–Crippen MR) is 72.8 cm³/mol. The largest absolute Gasteiger partial charge is 0.499 e. The van der Waals surface area contributed by atoms with Gasteiger partial charge in [0.05, 0.1) is 12.4 Å². The highest BCUT2D eigenvalue weighted by Crippen LogP contribution is 2.56. The van der Waals surface area contributed by atoms with Crippen LogP contribution >= 0.6 is 0 Å². The van der Waals surface area contributed by atoms with Gasteiger partial charge in [-0.15, -0.1) is 0 Å². The molecule has 0 unspecified atom stereocenters. The highest BCUT2D eigenvalue weighted by Gasteiger charge is 2.48. The molecule has 0 aromatic rings. The van der Waals surface area contributed by atoms with Crippen LogP contribution in [0.4, 0.5) is 0 Å². The third-order valence-corrected chi connectivity index (χ3v) is 4.92. The molecule has 98 valence electrons. The zero-order valence-corrected chi connectivity index (χ0v) is 11.4. The summed E-state index contributed by atoms with van der Waals surface area (Å²) in [5.74, 6) is 1.04. The summed E-state index contributed by atoms with van der Waals surface area (Å²) in [5.41, 5.74) is 0.744. The second-order valence-electron chi connectivity index (χ2n) is 6.43. The van der Waals surface area contributed by atoms with Crippen LogP contribution < -0.4 is 0 Å². The maximum atomic E-state index is 5.27. The lowest BCUT2D eigenvalue weighted by atomic mass is 9.55. The zero-order chi connectivity index (χ0) is 12.1. The van der Waals surface area contributed by atoms with Crippen molar-refractivity contribution in [2.75, 3.05) is 0 Å². The van der Waals surface area contributed by atoms with Crippen LogP contribution in [0.15, 0.2) is 12.8 Å². The van der Waals surface area contributed by atoms with Gasteiger partial charge in [0.25, 0.3) is 0 Å². The monoisotopic (exact) mass is 236 g/mol. The molecule has 1 spiro atoms. The Bertz CT molecular complexity index is 228. The highest BCUT2D eigenvalue weighted by molar-refractivity contribution is 5.00. The van der Waals surface area contributed by atoms with Gasteiger partial charge < -0.3 is 4.74 Å². The molecule has 0 atom stereocenters. The van der Waals surface area contributed by atoms with E-state index in [9.17, 15) is 0 Å². The van der Waals surface area contributed by atoms with Crippen LogP contribution in [0, 0.1) is 11.3 Å². The fraction of sp³-hybridized carbons (Fsp3) is 0.875. The molecular weight excluding hydrogens is 208 g/mol. The molecule has 0 N–H and O–H groups in total. The van der Waals surface area contributed by atoms with E-state index in [4.69, 9.17) is 4.74 Å². The van der Waals surface area contributed by atoms with Gasteiger partial charge >= 0.3 is 0 Å². The van der Waals surface area contributed by atoms with Crippen LogP contribution in [0.5, 0.6) is 0 Å². The maximum Gasteiger partial charge on any atom is 0.0988 e. The first-order valence-electron chi connectivity index (χ1n) is 7.50. The summed E-state index contributed by atoms with van der Waals surface area (Å²) in [6, 6.07) is 0. The van der Waals surface area contributed by atoms with Crippen LogP contribution in [0.1, 0.15) is 71.1 Å². The second-order valence-corrected chi connectivity index (χ2v) is 6.43. The molecule has 1 heteroatoms. The van der Waals surface area contributed by atoms with Gasteiger partial charge in [0, 0.05) is 0 Å². The van der Waals surface area contributed by atoms with Gasteiger partial charge in [0.15, 0.2) is 0 Å².